The summed E-state index contributed by atoms with van der Waals surface area (Å²) in [6.07, 6.45) is 4.72. The molecule has 146 valence electrons. The first kappa shape index (κ1) is 22.4. The third kappa shape index (κ3) is 5.69. The summed E-state index contributed by atoms with van der Waals surface area (Å²) >= 11 is 1.32. The fourth-order valence-corrected chi connectivity index (χ4v) is 3.76. The van der Waals surface area contributed by atoms with Crippen molar-refractivity contribution in [2.45, 2.75) is 44.6 Å². The highest BCUT2D eigenvalue weighted by Crippen LogP contribution is 2.31. The van der Waals surface area contributed by atoms with Gasteiger partial charge in [0.05, 0.1) is 12.7 Å². The van der Waals surface area contributed by atoms with Crippen molar-refractivity contribution in [3.63, 3.8) is 0 Å². The summed E-state index contributed by atoms with van der Waals surface area (Å²) in [6, 6.07) is 1.12. The van der Waals surface area contributed by atoms with Crippen LogP contribution in [0, 0.1) is 0 Å². The zero-order valence-corrected chi connectivity index (χ0v) is 16.5. The zero-order chi connectivity index (χ0) is 18.2. The number of carbonyl (C=O) groups is 3. The first-order chi connectivity index (χ1) is 12.1. The Hall–Kier alpha value is -1.64. The van der Waals surface area contributed by atoms with Crippen LogP contribution in [-0.2, 0) is 14.3 Å². The van der Waals surface area contributed by atoms with Crippen LogP contribution in [0.15, 0.2) is 11.4 Å². The minimum atomic E-state index is -0.524. The molecule has 1 aromatic rings. The smallest absolute Gasteiger partial charge is 0.340 e. The number of halogens is 1. The number of nitrogens with two attached hydrogens (primary N) is 1. The first-order valence-electron chi connectivity index (χ1n) is 8.55. The second-order valence-electron chi connectivity index (χ2n) is 5.98. The van der Waals surface area contributed by atoms with E-state index < -0.39 is 12.0 Å². The molecule has 3 N–H and O–H groups in total. The van der Waals surface area contributed by atoms with Crippen molar-refractivity contribution in [3.8, 4) is 0 Å². The molecule has 0 spiro atoms. The molecule has 0 aromatic carbocycles. The van der Waals surface area contributed by atoms with Crippen LogP contribution in [0.1, 0.15) is 48.9 Å². The number of thiophene rings is 1. The van der Waals surface area contributed by atoms with Crippen molar-refractivity contribution in [3.05, 3.63) is 17.0 Å². The molecule has 26 heavy (non-hydrogen) atoms. The van der Waals surface area contributed by atoms with Crippen LogP contribution in [0.4, 0.5) is 5.00 Å². The van der Waals surface area contributed by atoms with E-state index in [1.54, 1.807) is 16.3 Å². The van der Waals surface area contributed by atoms with Gasteiger partial charge in [-0.2, -0.15) is 0 Å². The van der Waals surface area contributed by atoms with E-state index in [4.69, 9.17) is 10.5 Å². The normalized spacial score (nSPS) is 16.3. The van der Waals surface area contributed by atoms with Crippen LogP contribution >= 0.6 is 23.7 Å². The van der Waals surface area contributed by atoms with Gasteiger partial charge in [0, 0.05) is 13.0 Å². The molecule has 9 heteroatoms. The molecule has 1 unspecified atom stereocenters. The van der Waals surface area contributed by atoms with Crippen LogP contribution in [0.5, 0.6) is 0 Å². The molecule has 2 heterocycles. The second-order valence-corrected chi connectivity index (χ2v) is 6.88. The lowest BCUT2D eigenvalue weighted by Gasteiger charge is -2.16. The van der Waals surface area contributed by atoms with Gasteiger partial charge in [-0.05, 0) is 37.3 Å². The zero-order valence-electron chi connectivity index (χ0n) is 14.9. The van der Waals surface area contributed by atoms with Gasteiger partial charge in [-0.25, -0.2) is 4.79 Å². The number of amides is 2. The fourth-order valence-electron chi connectivity index (χ4n) is 2.84. The van der Waals surface area contributed by atoms with Crippen LogP contribution in [0.2, 0.25) is 0 Å². The van der Waals surface area contributed by atoms with Gasteiger partial charge in [0.2, 0.25) is 11.8 Å². The average Bonchev–Trinajstić information content (AvgIpc) is 3.21. The Morgan fingerprint density at radius 2 is 2.08 bits per heavy atom. The Bertz CT molecular complexity index is 623. The van der Waals surface area contributed by atoms with Gasteiger partial charge < -0.3 is 20.7 Å². The van der Waals surface area contributed by atoms with Crippen molar-refractivity contribution >= 4 is 46.5 Å². The molecule has 1 fully saturated rings. The number of ether oxygens (including phenoxy) is 1. The van der Waals surface area contributed by atoms with Crippen molar-refractivity contribution in [2.24, 2.45) is 5.73 Å². The number of esters is 1. The number of anilines is 1. The highest BCUT2D eigenvalue weighted by Gasteiger charge is 2.36. The molecule has 1 saturated heterocycles. The Kier molecular flexibility index (Phi) is 9.61. The molecule has 0 saturated carbocycles. The molecule has 2 amide bonds. The minimum absolute atomic E-state index is 0. The Labute approximate surface area is 163 Å². The van der Waals surface area contributed by atoms with Crippen molar-refractivity contribution in [2.75, 3.05) is 25.1 Å². The van der Waals surface area contributed by atoms with E-state index in [0.717, 1.165) is 25.7 Å². The van der Waals surface area contributed by atoms with Gasteiger partial charge in [0.15, 0.2) is 0 Å². The Morgan fingerprint density at radius 1 is 1.35 bits per heavy atom. The number of unbranched alkanes of at least 4 members (excludes halogenated alkanes) is 3. The predicted octanol–water partition coefficient (Wildman–Crippen LogP) is 2.09. The topological polar surface area (TPSA) is 102 Å². The summed E-state index contributed by atoms with van der Waals surface area (Å²) in [4.78, 5) is 37.9. The third-order valence-electron chi connectivity index (χ3n) is 4.19. The Balaban J connectivity index is 0.00000338. The Morgan fingerprint density at radius 3 is 2.77 bits per heavy atom. The number of carbonyl (C=O) groups excluding carboxylic acids is 3. The van der Waals surface area contributed by atoms with Gasteiger partial charge in [0.1, 0.15) is 11.0 Å². The number of rotatable bonds is 9. The number of methoxy groups -OCH3 is 1. The summed E-state index contributed by atoms with van der Waals surface area (Å²) in [5.41, 5.74) is 5.82. The summed E-state index contributed by atoms with van der Waals surface area (Å²) in [5, 5.41) is 5.14. The lowest BCUT2D eigenvalue weighted by molar-refractivity contribution is -0.126. The molecule has 1 atom stereocenters. The van der Waals surface area contributed by atoms with E-state index in [1.165, 1.54) is 18.4 Å². The third-order valence-corrected chi connectivity index (χ3v) is 5.13. The molecule has 7 nitrogen and oxygen atoms in total. The van der Waals surface area contributed by atoms with Crippen LogP contribution < -0.4 is 16.0 Å². The molecule has 2 rings (SSSR count). The molecular formula is C17H26ClN3O4S. The lowest BCUT2D eigenvalue weighted by Crippen LogP contribution is -2.41. The highest BCUT2D eigenvalue weighted by molar-refractivity contribution is 7.14. The molecule has 0 aliphatic carbocycles. The number of nitrogens with zero attached hydrogens (tertiary/aromatic N) is 1. The van der Waals surface area contributed by atoms with Crippen LogP contribution in [-0.4, -0.2) is 44.0 Å². The first-order valence-corrected chi connectivity index (χ1v) is 9.43. The van der Waals surface area contributed by atoms with Gasteiger partial charge in [0.25, 0.3) is 0 Å². The van der Waals surface area contributed by atoms with E-state index >= 15 is 0 Å². The monoisotopic (exact) mass is 403 g/mol. The van der Waals surface area contributed by atoms with E-state index in [0.29, 0.717) is 36.5 Å². The highest BCUT2D eigenvalue weighted by atomic mass is 35.5. The maximum Gasteiger partial charge on any atom is 0.340 e. The summed E-state index contributed by atoms with van der Waals surface area (Å²) < 4.78 is 4.75. The average molecular weight is 404 g/mol. The van der Waals surface area contributed by atoms with Gasteiger partial charge in [-0.3, -0.25) is 9.59 Å². The van der Waals surface area contributed by atoms with Gasteiger partial charge in [-0.1, -0.05) is 12.8 Å². The van der Waals surface area contributed by atoms with E-state index in [2.05, 4.69) is 5.32 Å². The summed E-state index contributed by atoms with van der Waals surface area (Å²) in [7, 11) is 1.31. The van der Waals surface area contributed by atoms with Gasteiger partial charge >= 0.3 is 5.97 Å². The SMILES string of the molecule is COC(=O)c1ccsc1N1CCC(NC(=O)CCCCCCN)C1=O.Cl. The molecular weight excluding hydrogens is 378 g/mol. The van der Waals surface area contributed by atoms with Gasteiger partial charge in [-0.15, -0.1) is 23.7 Å². The number of hydrogen-bond donors (Lipinski definition) is 2. The number of nitrogens with one attached hydrogen (secondary N) is 1. The van der Waals surface area contributed by atoms with Crippen molar-refractivity contribution in [1.29, 1.82) is 0 Å². The maximum atomic E-state index is 12.6. The van der Waals surface area contributed by atoms with Crippen molar-refractivity contribution < 1.29 is 19.1 Å². The summed E-state index contributed by atoms with van der Waals surface area (Å²) in [5.74, 6) is -0.745. The fraction of sp³-hybridized carbons (Fsp3) is 0.588. The van der Waals surface area contributed by atoms with E-state index in [-0.39, 0.29) is 24.2 Å². The molecule has 0 radical (unpaired) electrons. The molecule has 0 bridgehead atoms. The minimum Gasteiger partial charge on any atom is -0.465 e. The molecule has 1 aliphatic heterocycles. The molecule has 1 aliphatic rings. The quantitative estimate of drug-likeness (QED) is 0.485. The maximum absolute atomic E-state index is 12.6. The molecule has 1 aromatic heterocycles. The summed E-state index contributed by atoms with van der Waals surface area (Å²) in [6.45, 7) is 1.15. The number of hydrogen-bond acceptors (Lipinski definition) is 6. The van der Waals surface area contributed by atoms with Crippen LogP contribution in [0.3, 0.4) is 0 Å². The van der Waals surface area contributed by atoms with Crippen molar-refractivity contribution in [1.82, 2.24) is 5.32 Å². The lowest BCUT2D eigenvalue weighted by atomic mass is 10.1. The van der Waals surface area contributed by atoms with Crippen LogP contribution in [0.25, 0.3) is 0 Å². The predicted molar refractivity (Wildman–Crippen MR) is 104 cm³/mol. The van der Waals surface area contributed by atoms with E-state index in [1.807, 2.05) is 0 Å². The second kappa shape index (κ2) is 11.2. The van der Waals surface area contributed by atoms with E-state index in [9.17, 15) is 14.4 Å². The standard InChI is InChI=1S/C17H25N3O4S.ClH/c1-24-17(23)12-8-11-25-16(12)20-10-7-13(15(20)22)19-14(21)6-4-2-3-5-9-18;/h8,11,13H,2-7,9-10,18H2,1H3,(H,19,21);1H. The largest absolute Gasteiger partial charge is 0.465 e.